The van der Waals surface area contributed by atoms with Gasteiger partial charge in [-0.1, -0.05) is 0 Å². The molecule has 0 spiro atoms. The second-order valence-electron chi connectivity index (χ2n) is 2.18. The fourth-order valence-electron chi connectivity index (χ4n) is 0.719. The molecule has 0 aliphatic rings. The lowest BCUT2D eigenvalue weighted by atomic mass is 10.3. The highest BCUT2D eigenvalue weighted by Gasteiger charge is 2.05. The standard InChI is InChI=1S/C6H8N2O3S/c7-12(10,11)6-3-1-5(8-9)2-4-6/h1-4,8-9H,(H2,7,10,11). The van der Waals surface area contributed by atoms with Crippen LogP contribution in [0.25, 0.3) is 0 Å². The maximum absolute atomic E-state index is 10.7. The van der Waals surface area contributed by atoms with Gasteiger partial charge in [-0.15, -0.1) is 0 Å². The molecule has 0 amide bonds. The largest absolute Gasteiger partial charge is 0.291 e. The summed E-state index contributed by atoms with van der Waals surface area (Å²) in [4.78, 5) is 0.0153. The number of nitrogens with one attached hydrogen (secondary N) is 1. The van der Waals surface area contributed by atoms with Crippen LogP contribution in [-0.2, 0) is 10.0 Å². The maximum atomic E-state index is 10.7. The minimum Gasteiger partial charge on any atom is -0.291 e. The highest BCUT2D eigenvalue weighted by atomic mass is 32.2. The highest BCUT2D eigenvalue weighted by Crippen LogP contribution is 2.11. The van der Waals surface area contributed by atoms with Crippen molar-refractivity contribution in [2.45, 2.75) is 4.90 Å². The molecule has 0 saturated carbocycles. The smallest absolute Gasteiger partial charge is 0.238 e. The first-order valence-corrected chi connectivity index (χ1v) is 4.61. The third-order valence-corrected chi connectivity index (χ3v) is 2.24. The molecule has 0 unspecified atom stereocenters. The van der Waals surface area contributed by atoms with Gasteiger partial charge in [-0.25, -0.2) is 13.6 Å². The second kappa shape index (κ2) is 3.10. The zero-order valence-electron chi connectivity index (χ0n) is 6.06. The molecule has 0 aliphatic heterocycles. The molecule has 12 heavy (non-hydrogen) atoms. The average Bonchev–Trinajstić information content (AvgIpc) is 2.03. The van der Waals surface area contributed by atoms with E-state index in [-0.39, 0.29) is 4.90 Å². The monoisotopic (exact) mass is 188 g/mol. The zero-order chi connectivity index (χ0) is 9.19. The van der Waals surface area contributed by atoms with E-state index in [9.17, 15) is 8.42 Å². The fourth-order valence-corrected chi connectivity index (χ4v) is 1.23. The summed E-state index contributed by atoms with van der Waals surface area (Å²) in [7, 11) is -3.64. The van der Waals surface area contributed by atoms with E-state index in [0.717, 1.165) is 0 Å². The van der Waals surface area contributed by atoms with Gasteiger partial charge in [-0.05, 0) is 24.3 Å². The third kappa shape index (κ3) is 1.94. The molecule has 1 aromatic carbocycles. The Morgan fingerprint density at radius 2 is 1.75 bits per heavy atom. The molecule has 0 aliphatic carbocycles. The lowest BCUT2D eigenvalue weighted by molar-refractivity contribution is 0.389. The summed E-state index contributed by atoms with van der Waals surface area (Å²) in [6, 6.07) is 5.40. The van der Waals surface area contributed by atoms with Crippen molar-refractivity contribution >= 4 is 15.7 Å². The van der Waals surface area contributed by atoms with E-state index in [1.807, 2.05) is 5.48 Å². The zero-order valence-corrected chi connectivity index (χ0v) is 6.88. The van der Waals surface area contributed by atoms with Crippen molar-refractivity contribution in [2.24, 2.45) is 5.14 Å². The SMILES string of the molecule is NS(=O)(=O)c1ccc(NO)cc1. The van der Waals surface area contributed by atoms with E-state index < -0.39 is 10.0 Å². The van der Waals surface area contributed by atoms with Gasteiger partial charge >= 0.3 is 0 Å². The van der Waals surface area contributed by atoms with E-state index in [1.54, 1.807) is 0 Å². The number of hydrogen-bond acceptors (Lipinski definition) is 4. The molecule has 0 bridgehead atoms. The average molecular weight is 188 g/mol. The topological polar surface area (TPSA) is 92.4 Å². The Labute approximate surface area is 69.8 Å². The molecule has 5 nitrogen and oxygen atoms in total. The molecule has 4 N–H and O–H groups in total. The van der Waals surface area contributed by atoms with E-state index in [1.165, 1.54) is 24.3 Å². The van der Waals surface area contributed by atoms with E-state index >= 15 is 0 Å². The van der Waals surface area contributed by atoms with Crippen molar-refractivity contribution in [3.8, 4) is 0 Å². The Kier molecular flexibility index (Phi) is 2.32. The molecule has 6 heteroatoms. The fraction of sp³-hybridized carbons (Fsp3) is 0. The van der Waals surface area contributed by atoms with Crippen LogP contribution in [0, 0.1) is 0 Å². The van der Waals surface area contributed by atoms with Crippen LogP contribution in [0.4, 0.5) is 5.69 Å². The normalized spacial score (nSPS) is 11.2. The molecule has 0 radical (unpaired) electrons. The molecule has 1 rings (SSSR count). The maximum Gasteiger partial charge on any atom is 0.238 e. The van der Waals surface area contributed by atoms with Crippen LogP contribution in [0.2, 0.25) is 0 Å². The van der Waals surface area contributed by atoms with Gasteiger partial charge in [0.2, 0.25) is 10.0 Å². The molecule has 0 saturated heterocycles. The van der Waals surface area contributed by atoms with Crippen molar-refractivity contribution < 1.29 is 13.6 Å². The molecule has 0 aromatic heterocycles. The van der Waals surface area contributed by atoms with Gasteiger partial charge in [-0.2, -0.15) is 0 Å². The molecule has 1 aromatic rings. The molecule has 66 valence electrons. The summed E-state index contributed by atoms with van der Waals surface area (Å²) in [5.41, 5.74) is 2.27. The molecule has 0 fully saturated rings. The van der Waals surface area contributed by atoms with Gasteiger partial charge in [-0.3, -0.25) is 10.7 Å². The van der Waals surface area contributed by atoms with E-state index in [0.29, 0.717) is 5.69 Å². The van der Waals surface area contributed by atoms with Crippen LogP contribution in [0.1, 0.15) is 0 Å². The van der Waals surface area contributed by atoms with Crippen molar-refractivity contribution in [3.63, 3.8) is 0 Å². The summed E-state index contributed by atoms with van der Waals surface area (Å²) in [5.74, 6) is 0. The first-order valence-electron chi connectivity index (χ1n) is 3.07. The Morgan fingerprint density at radius 3 is 2.08 bits per heavy atom. The third-order valence-electron chi connectivity index (χ3n) is 1.31. The van der Waals surface area contributed by atoms with Crippen LogP contribution in [0.3, 0.4) is 0 Å². The van der Waals surface area contributed by atoms with E-state index in [4.69, 9.17) is 10.3 Å². The summed E-state index contributed by atoms with van der Waals surface area (Å²) >= 11 is 0. The number of hydrogen-bond donors (Lipinski definition) is 3. The number of nitrogens with two attached hydrogens (primary N) is 1. The minimum absolute atomic E-state index is 0.0153. The van der Waals surface area contributed by atoms with Crippen LogP contribution < -0.4 is 10.6 Å². The number of sulfonamides is 1. The second-order valence-corrected chi connectivity index (χ2v) is 3.74. The van der Waals surface area contributed by atoms with Crippen molar-refractivity contribution in [3.05, 3.63) is 24.3 Å². The van der Waals surface area contributed by atoms with Gasteiger partial charge in [0.25, 0.3) is 0 Å². The van der Waals surface area contributed by atoms with Gasteiger partial charge in [0.15, 0.2) is 0 Å². The first kappa shape index (κ1) is 8.98. The Bertz CT molecular complexity index is 357. The Morgan fingerprint density at radius 1 is 1.25 bits per heavy atom. The number of primary sulfonamides is 1. The molecular formula is C6H8N2O3S. The van der Waals surface area contributed by atoms with Gasteiger partial charge in [0.05, 0.1) is 10.6 Å². The number of anilines is 1. The predicted octanol–water partition coefficient (Wildman–Crippen LogP) is 0.135. The first-order chi connectivity index (χ1) is 5.54. The highest BCUT2D eigenvalue weighted by molar-refractivity contribution is 7.89. The predicted molar refractivity (Wildman–Crippen MR) is 43.2 cm³/mol. The lowest BCUT2D eigenvalue weighted by Crippen LogP contribution is -2.11. The summed E-state index contributed by atoms with van der Waals surface area (Å²) in [6.07, 6.45) is 0. The quantitative estimate of drug-likeness (QED) is 0.575. The van der Waals surface area contributed by atoms with Crippen LogP contribution in [0.15, 0.2) is 29.2 Å². The number of rotatable bonds is 2. The Hall–Kier alpha value is -1.11. The van der Waals surface area contributed by atoms with Gasteiger partial charge in [0, 0.05) is 0 Å². The van der Waals surface area contributed by atoms with Crippen molar-refractivity contribution in [1.29, 1.82) is 0 Å². The molecule has 0 atom stereocenters. The van der Waals surface area contributed by atoms with Crippen molar-refractivity contribution in [2.75, 3.05) is 5.48 Å². The summed E-state index contributed by atoms with van der Waals surface area (Å²) in [6.45, 7) is 0. The van der Waals surface area contributed by atoms with E-state index in [2.05, 4.69) is 0 Å². The Balaban J connectivity index is 3.09. The van der Waals surface area contributed by atoms with Gasteiger partial charge in [0.1, 0.15) is 0 Å². The van der Waals surface area contributed by atoms with Crippen LogP contribution in [0.5, 0.6) is 0 Å². The van der Waals surface area contributed by atoms with Crippen molar-refractivity contribution in [1.82, 2.24) is 0 Å². The minimum atomic E-state index is -3.64. The number of benzene rings is 1. The summed E-state index contributed by atoms with van der Waals surface area (Å²) < 4.78 is 21.5. The van der Waals surface area contributed by atoms with Crippen LogP contribution in [-0.4, -0.2) is 13.6 Å². The summed E-state index contributed by atoms with van der Waals surface area (Å²) in [5, 5.41) is 13.2. The van der Waals surface area contributed by atoms with Gasteiger partial charge < -0.3 is 0 Å². The molecule has 0 heterocycles. The van der Waals surface area contributed by atoms with Crippen LogP contribution >= 0.6 is 0 Å². The lowest BCUT2D eigenvalue weighted by Gasteiger charge is -1.99. The molecular weight excluding hydrogens is 180 g/mol.